The Kier molecular flexibility index (Phi) is 2.34. The Bertz CT molecular complexity index is 752. The highest BCUT2D eigenvalue weighted by atomic mass is 35.5. The van der Waals surface area contributed by atoms with E-state index in [9.17, 15) is 4.79 Å². The van der Waals surface area contributed by atoms with Crippen LogP contribution in [-0.2, 0) is 0 Å². The third-order valence-corrected chi connectivity index (χ3v) is 2.86. The minimum atomic E-state index is -0.215. The van der Waals surface area contributed by atoms with Crippen LogP contribution in [-0.4, -0.2) is 9.97 Å². The smallest absolute Gasteiger partial charge is 0.248 e. The third kappa shape index (κ3) is 1.74. The fourth-order valence-electron chi connectivity index (χ4n) is 1.67. The van der Waals surface area contributed by atoms with Gasteiger partial charge >= 0.3 is 0 Å². The second-order valence-corrected chi connectivity index (χ2v) is 4.21. The van der Waals surface area contributed by atoms with Gasteiger partial charge < -0.3 is 15.1 Å². The van der Waals surface area contributed by atoms with Crippen molar-refractivity contribution in [3.05, 3.63) is 45.8 Å². The van der Waals surface area contributed by atoms with Gasteiger partial charge in [0.2, 0.25) is 11.4 Å². The van der Waals surface area contributed by atoms with Crippen molar-refractivity contribution in [1.82, 2.24) is 9.97 Å². The van der Waals surface area contributed by atoms with Gasteiger partial charge in [0, 0.05) is 23.9 Å². The summed E-state index contributed by atoms with van der Waals surface area (Å²) in [5, 5.41) is 0.424. The highest BCUT2D eigenvalue weighted by Crippen LogP contribution is 2.29. The normalized spacial score (nSPS) is 10.9. The van der Waals surface area contributed by atoms with Crippen LogP contribution >= 0.6 is 11.6 Å². The van der Waals surface area contributed by atoms with Crippen molar-refractivity contribution in [1.29, 1.82) is 0 Å². The number of hydrogen-bond acceptors (Lipinski definition) is 4. The summed E-state index contributed by atoms with van der Waals surface area (Å²) in [7, 11) is 0. The topological polar surface area (TPSA) is 84.9 Å². The average molecular weight is 262 g/mol. The van der Waals surface area contributed by atoms with E-state index >= 15 is 0 Å². The number of aromatic amines is 1. The van der Waals surface area contributed by atoms with Gasteiger partial charge in [-0.1, -0.05) is 11.6 Å². The molecule has 0 aliphatic carbocycles. The summed E-state index contributed by atoms with van der Waals surface area (Å²) >= 11 is 5.91. The zero-order chi connectivity index (χ0) is 12.7. The number of fused-ring (bicyclic) bond motifs is 1. The molecular weight excluding hydrogens is 254 g/mol. The lowest BCUT2D eigenvalue weighted by Crippen LogP contribution is -2.01. The molecule has 18 heavy (non-hydrogen) atoms. The van der Waals surface area contributed by atoms with Crippen LogP contribution in [0.3, 0.4) is 0 Å². The van der Waals surface area contributed by atoms with E-state index in [1.165, 1.54) is 12.3 Å². The maximum atomic E-state index is 11.2. The van der Waals surface area contributed by atoms with E-state index in [0.29, 0.717) is 33.3 Å². The molecule has 0 atom stereocenters. The summed E-state index contributed by atoms with van der Waals surface area (Å²) in [6.45, 7) is 0. The lowest BCUT2D eigenvalue weighted by atomic mass is 10.3. The Labute approximate surface area is 106 Å². The maximum Gasteiger partial charge on any atom is 0.248 e. The van der Waals surface area contributed by atoms with Crippen molar-refractivity contribution >= 4 is 28.4 Å². The Morgan fingerprint density at radius 3 is 2.94 bits per heavy atom. The third-order valence-electron chi connectivity index (χ3n) is 2.53. The lowest BCUT2D eigenvalue weighted by molar-refractivity contribution is 0.620. The van der Waals surface area contributed by atoms with Gasteiger partial charge in [0.1, 0.15) is 5.52 Å². The molecular formula is C12H8ClN3O2. The molecule has 0 fully saturated rings. The number of nitrogens with zero attached hydrogens (tertiary/aromatic N) is 1. The molecule has 3 aromatic rings. The molecule has 3 N–H and O–H groups in total. The van der Waals surface area contributed by atoms with Crippen LogP contribution in [0.25, 0.3) is 22.6 Å². The van der Waals surface area contributed by atoms with Crippen LogP contribution in [0.4, 0.5) is 5.69 Å². The second kappa shape index (κ2) is 3.89. The molecule has 5 nitrogen and oxygen atoms in total. The van der Waals surface area contributed by atoms with Gasteiger partial charge in [-0.3, -0.25) is 4.79 Å². The summed E-state index contributed by atoms with van der Waals surface area (Å²) in [5.41, 5.74) is 7.63. The van der Waals surface area contributed by atoms with Crippen LogP contribution in [0.5, 0.6) is 0 Å². The molecule has 1 aromatic carbocycles. The number of nitrogens with two attached hydrogens (primary N) is 1. The number of pyridine rings is 1. The van der Waals surface area contributed by atoms with Crippen molar-refractivity contribution in [2.24, 2.45) is 0 Å². The predicted molar refractivity (Wildman–Crippen MR) is 69.5 cm³/mol. The van der Waals surface area contributed by atoms with Crippen LogP contribution < -0.4 is 11.3 Å². The van der Waals surface area contributed by atoms with Crippen LogP contribution in [0.1, 0.15) is 0 Å². The van der Waals surface area contributed by atoms with Crippen molar-refractivity contribution < 1.29 is 4.42 Å². The first-order chi connectivity index (χ1) is 8.63. The van der Waals surface area contributed by atoms with Crippen molar-refractivity contribution in [3.8, 4) is 11.5 Å². The number of nitrogen functional groups attached to an aromatic ring is 1. The molecule has 0 spiro atoms. The number of anilines is 1. The van der Waals surface area contributed by atoms with E-state index < -0.39 is 0 Å². The van der Waals surface area contributed by atoms with E-state index in [0.717, 1.165) is 0 Å². The number of aromatic nitrogens is 2. The van der Waals surface area contributed by atoms with E-state index in [2.05, 4.69) is 9.97 Å². The fourth-order valence-corrected chi connectivity index (χ4v) is 1.82. The molecule has 0 bridgehead atoms. The molecule has 2 heterocycles. The predicted octanol–water partition coefficient (Wildman–Crippen LogP) is 2.42. The molecule has 90 valence electrons. The van der Waals surface area contributed by atoms with Gasteiger partial charge in [0.05, 0.1) is 10.7 Å². The average Bonchev–Trinajstić information content (AvgIpc) is 2.73. The number of H-pyrrole nitrogens is 1. The number of oxazole rings is 1. The van der Waals surface area contributed by atoms with E-state index in [-0.39, 0.29) is 5.56 Å². The SMILES string of the molecule is Nc1cc2oc(-c3cc[nH]c(=O)c3)nc2cc1Cl. The minimum Gasteiger partial charge on any atom is -0.436 e. The number of halogens is 1. The highest BCUT2D eigenvalue weighted by Gasteiger charge is 2.10. The van der Waals surface area contributed by atoms with Crippen molar-refractivity contribution in [2.75, 3.05) is 5.73 Å². The molecule has 0 amide bonds. The standard InChI is InChI=1S/C12H8ClN3O2/c13-7-4-9-10(5-8(7)14)18-12(16-9)6-1-2-15-11(17)3-6/h1-5H,14H2,(H,15,17). The molecule has 6 heteroatoms. The summed E-state index contributed by atoms with van der Waals surface area (Å²) in [6, 6.07) is 6.36. The summed E-state index contributed by atoms with van der Waals surface area (Å²) < 4.78 is 5.54. The number of hydrogen-bond donors (Lipinski definition) is 2. The summed E-state index contributed by atoms with van der Waals surface area (Å²) in [5.74, 6) is 0.359. The minimum absolute atomic E-state index is 0.215. The first-order valence-electron chi connectivity index (χ1n) is 5.18. The molecule has 0 aliphatic heterocycles. The maximum absolute atomic E-state index is 11.2. The molecule has 3 rings (SSSR count). The van der Waals surface area contributed by atoms with E-state index in [1.807, 2.05) is 0 Å². The number of rotatable bonds is 1. The number of nitrogens with one attached hydrogen (secondary N) is 1. The van der Waals surface area contributed by atoms with Gasteiger partial charge in [0.15, 0.2) is 5.58 Å². The second-order valence-electron chi connectivity index (χ2n) is 3.80. The summed E-state index contributed by atoms with van der Waals surface area (Å²) in [4.78, 5) is 18.0. The zero-order valence-electron chi connectivity index (χ0n) is 9.11. The van der Waals surface area contributed by atoms with Gasteiger partial charge in [-0.05, 0) is 12.1 Å². The first-order valence-corrected chi connectivity index (χ1v) is 5.56. The Morgan fingerprint density at radius 1 is 1.33 bits per heavy atom. The van der Waals surface area contributed by atoms with Crippen LogP contribution in [0.15, 0.2) is 39.7 Å². The van der Waals surface area contributed by atoms with Gasteiger partial charge in [-0.2, -0.15) is 0 Å². The van der Waals surface area contributed by atoms with Gasteiger partial charge in [-0.15, -0.1) is 0 Å². The monoisotopic (exact) mass is 261 g/mol. The van der Waals surface area contributed by atoms with E-state index in [4.69, 9.17) is 21.8 Å². The van der Waals surface area contributed by atoms with Crippen molar-refractivity contribution in [3.63, 3.8) is 0 Å². The molecule has 0 saturated heterocycles. The zero-order valence-corrected chi connectivity index (χ0v) is 9.86. The van der Waals surface area contributed by atoms with Gasteiger partial charge in [0.25, 0.3) is 0 Å². The lowest BCUT2D eigenvalue weighted by Gasteiger charge is -1.94. The number of benzene rings is 1. The Hall–Kier alpha value is -2.27. The van der Waals surface area contributed by atoms with Crippen molar-refractivity contribution in [2.45, 2.75) is 0 Å². The molecule has 2 aromatic heterocycles. The molecule has 0 radical (unpaired) electrons. The fraction of sp³-hybridized carbons (Fsp3) is 0. The molecule has 0 aliphatic rings. The quantitative estimate of drug-likeness (QED) is 0.659. The Balaban J connectivity index is 2.22. The van der Waals surface area contributed by atoms with E-state index in [1.54, 1.807) is 18.2 Å². The molecule has 0 saturated carbocycles. The Morgan fingerprint density at radius 2 is 2.17 bits per heavy atom. The van der Waals surface area contributed by atoms with Crippen LogP contribution in [0.2, 0.25) is 5.02 Å². The summed E-state index contributed by atoms with van der Waals surface area (Å²) in [6.07, 6.45) is 1.54. The van der Waals surface area contributed by atoms with Crippen LogP contribution in [0, 0.1) is 0 Å². The first kappa shape index (κ1) is 10.9. The molecule has 0 unspecified atom stereocenters. The van der Waals surface area contributed by atoms with Gasteiger partial charge in [-0.25, -0.2) is 4.98 Å². The highest BCUT2D eigenvalue weighted by molar-refractivity contribution is 6.33. The largest absolute Gasteiger partial charge is 0.436 e.